The van der Waals surface area contributed by atoms with Gasteiger partial charge in [0.1, 0.15) is 11.3 Å². The van der Waals surface area contributed by atoms with Gasteiger partial charge in [-0.25, -0.2) is 14.8 Å². The topological polar surface area (TPSA) is 92.9 Å². The van der Waals surface area contributed by atoms with E-state index in [1.54, 1.807) is 18.3 Å². The largest absolute Gasteiger partial charge is 0.478 e. The number of carbonyl (C=O) groups is 1. The van der Waals surface area contributed by atoms with Crippen molar-refractivity contribution < 1.29 is 9.90 Å². The summed E-state index contributed by atoms with van der Waals surface area (Å²) in [5.74, 6) is 0.718. The Balaban J connectivity index is 1.64. The van der Waals surface area contributed by atoms with Gasteiger partial charge in [0.25, 0.3) is 0 Å². The highest BCUT2D eigenvalue weighted by Gasteiger charge is 2.15. The van der Waals surface area contributed by atoms with Gasteiger partial charge >= 0.3 is 5.97 Å². The highest BCUT2D eigenvalue weighted by Crippen LogP contribution is 2.25. The van der Waals surface area contributed by atoms with E-state index in [1.165, 1.54) is 0 Å². The van der Waals surface area contributed by atoms with Crippen LogP contribution in [0, 0.1) is 0 Å². The van der Waals surface area contributed by atoms with Gasteiger partial charge in [0.15, 0.2) is 5.65 Å². The molecule has 4 aromatic rings. The van der Waals surface area contributed by atoms with E-state index >= 15 is 0 Å². The number of aromatic nitrogens is 4. The normalized spacial score (nSPS) is 11.1. The van der Waals surface area contributed by atoms with Crippen LogP contribution in [0.2, 0.25) is 0 Å². The molecule has 4 rings (SSSR count). The molecule has 34 heavy (non-hydrogen) atoms. The number of hydrogen-bond donors (Lipinski definition) is 2. The van der Waals surface area contributed by atoms with Crippen LogP contribution in [0.3, 0.4) is 0 Å². The van der Waals surface area contributed by atoms with Gasteiger partial charge in [-0.3, -0.25) is 0 Å². The number of carboxylic acid groups (broad SMARTS) is 1. The zero-order valence-corrected chi connectivity index (χ0v) is 19.8. The standard InChI is InChI=1S/C27H31N5O2/c1-3-5-11-24-30-23-17-29-27(28-16-6-4-2)31-25(23)32(24)18-19-12-14-20(15-13-19)21-9-7-8-10-22(21)26(33)34/h7-10,12-15,17H,3-6,11,16,18H2,1-2H3,(H,33,34)(H,28,29,31). The van der Waals surface area contributed by atoms with Crippen LogP contribution in [0.25, 0.3) is 22.3 Å². The monoisotopic (exact) mass is 457 g/mol. The quantitative estimate of drug-likeness (QED) is 0.277. The Morgan fingerprint density at radius 2 is 1.76 bits per heavy atom. The first-order chi connectivity index (χ1) is 16.6. The molecule has 0 atom stereocenters. The number of carboxylic acids is 1. The number of aryl methyl sites for hydroxylation is 1. The Morgan fingerprint density at radius 3 is 2.50 bits per heavy atom. The molecule has 0 fully saturated rings. The molecule has 0 spiro atoms. The third-order valence-electron chi connectivity index (χ3n) is 5.90. The van der Waals surface area contributed by atoms with E-state index in [0.717, 1.165) is 66.8 Å². The first-order valence-corrected chi connectivity index (χ1v) is 12.0. The molecule has 0 aliphatic rings. The number of benzene rings is 2. The van der Waals surface area contributed by atoms with E-state index in [2.05, 4.69) is 28.7 Å². The second-order valence-corrected chi connectivity index (χ2v) is 8.45. The van der Waals surface area contributed by atoms with Crippen molar-refractivity contribution in [2.75, 3.05) is 11.9 Å². The zero-order valence-electron chi connectivity index (χ0n) is 19.8. The van der Waals surface area contributed by atoms with Crippen molar-refractivity contribution in [2.45, 2.75) is 52.5 Å². The van der Waals surface area contributed by atoms with Gasteiger partial charge in [0.2, 0.25) is 5.95 Å². The fourth-order valence-electron chi connectivity index (χ4n) is 4.01. The summed E-state index contributed by atoms with van der Waals surface area (Å²) in [6, 6.07) is 15.1. The lowest BCUT2D eigenvalue weighted by molar-refractivity contribution is 0.0697. The summed E-state index contributed by atoms with van der Waals surface area (Å²) in [5.41, 5.74) is 4.65. The molecule has 0 saturated heterocycles. The van der Waals surface area contributed by atoms with E-state index in [9.17, 15) is 9.90 Å². The van der Waals surface area contributed by atoms with Crippen molar-refractivity contribution in [1.82, 2.24) is 19.5 Å². The summed E-state index contributed by atoms with van der Waals surface area (Å²) in [7, 11) is 0. The Hall–Kier alpha value is -3.74. The minimum Gasteiger partial charge on any atom is -0.478 e. The van der Waals surface area contributed by atoms with Crippen LogP contribution in [0.1, 0.15) is 61.3 Å². The van der Waals surface area contributed by atoms with Crippen LogP contribution in [0.5, 0.6) is 0 Å². The van der Waals surface area contributed by atoms with Gasteiger partial charge in [0.05, 0.1) is 18.3 Å². The van der Waals surface area contributed by atoms with E-state index < -0.39 is 5.97 Å². The average Bonchev–Trinajstić information content (AvgIpc) is 3.20. The third kappa shape index (κ3) is 5.25. The molecule has 0 unspecified atom stereocenters. The Morgan fingerprint density at radius 1 is 1.00 bits per heavy atom. The van der Waals surface area contributed by atoms with E-state index in [1.807, 2.05) is 36.4 Å². The summed E-state index contributed by atoms with van der Waals surface area (Å²) < 4.78 is 2.18. The van der Waals surface area contributed by atoms with Gasteiger partial charge in [-0.05, 0) is 35.6 Å². The molecule has 2 N–H and O–H groups in total. The van der Waals surface area contributed by atoms with Gasteiger partial charge in [-0.1, -0.05) is 69.2 Å². The smallest absolute Gasteiger partial charge is 0.336 e. The summed E-state index contributed by atoms with van der Waals surface area (Å²) >= 11 is 0. The van der Waals surface area contributed by atoms with E-state index in [4.69, 9.17) is 9.97 Å². The molecule has 0 bridgehead atoms. The lowest BCUT2D eigenvalue weighted by atomic mass is 9.99. The highest BCUT2D eigenvalue weighted by molar-refractivity contribution is 5.96. The van der Waals surface area contributed by atoms with Crippen LogP contribution >= 0.6 is 0 Å². The van der Waals surface area contributed by atoms with Gasteiger partial charge in [-0.2, -0.15) is 4.98 Å². The van der Waals surface area contributed by atoms with Crippen molar-refractivity contribution >= 4 is 23.1 Å². The second kappa shape index (κ2) is 10.9. The summed E-state index contributed by atoms with van der Waals surface area (Å²) in [5, 5.41) is 12.8. The Kier molecular flexibility index (Phi) is 7.52. The van der Waals surface area contributed by atoms with Crippen LogP contribution < -0.4 is 5.32 Å². The van der Waals surface area contributed by atoms with Crippen molar-refractivity contribution in [1.29, 1.82) is 0 Å². The number of hydrogen-bond acceptors (Lipinski definition) is 5. The molecule has 7 heteroatoms. The number of imidazole rings is 1. The third-order valence-corrected chi connectivity index (χ3v) is 5.90. The first-order valence-electron chi connectivity index (χ1n) is 12.0. The fourth-order valence-corrected chi connectivity index (χ4v) is 4.01. The molecule has 0 aliphatic heterocycles. The molecule has 0 amide bonds. The van der Waals surface area contributed by atoms with Crippen LogP contribution in [0.15, 0.2) is 54.7 Å². The van der Waals surface area contributed by atoms with E-state index in [0.29, 0.717) is 23.6 Å². The Bertz CT molecular complexity index is 1260. The summed E-state index contributed by atoms with van der Waals surface area (Å²) in [6.07, 6.45) is 7.02. The molecule has 0 saturated carbocycles. The maximum absolute atomic E-state index is 11.6. The van der Waals surface area contributed by atoms with Gasteiger partial charge in [-0.15, -0.1) is 0 Å². The predicted molar refractivity (Wildman–Crippen MR) is 135 cm³/mol. The molecule has 2 aromatic carbocycles. The molecular formula is C27H31N5O2. The maximum atomic E-state index is 11.6. The molecule has 2 heterocycles. The number of nitrogens with one attached hydrogen (secondary N) is 1. The molecule has 7 nitrogen and oxygen atoms in total. The average molecular weight is 458 g/mol. The number of aromatic carboxylic acids is 1. The predicted octanol–water partition coefficient (Wildman–Crippen LogP) is 5.79. The molecular weight excluding hydrogens is 426 g/mol. The molecule has 0 radical (unpaired) electrons. The minimum atomic E-state index is -0.923. The van der Waals surface area contributed by atoms with Crippen LogP contribution in [-0.4, -0.2) is 37.1 Å². The second-order valence-electron chi connectivity index (χ2n) is 8.45. The lowest BCUT2D eigenvalue weighted by Crippen LogP contribution is -2.08. The number of rotatable bonds is 11. The molecule has 0 aliphatic carbocycles. The van der Waals surface area contributed by atoms with Crippen LogP contribution in [-0.2, 0) is 13.0 Å². The van der Waals surface area contributed by atoms with Gasteiger partial charge < -0.3 is 15.0 Å². The summed E-state index contributed by atoms with van der Waals surface area (Å²) in [4.78, 5) is 25.7. The van der Waals surface area contributed by atoms with E-state index in [-0.39, 0.29) is 0 Å². The number of unbranched alkanes of at least 4 members (excludes halogenated alkanes) is 2. The van der Waals surface area contributed by atoms with Gasteiger partial charge in [0, 0.05) is 13.0 Å². The van der Waals surface area contributed by atoms with Crippen molar-refractivity contribution in [3.05, 3.63) is 71.7 Å². The fraction of sp³-hybridized carbons (Fsp3) is 0.333. The van der Waals surface area contributed by atoms with Crippen molar-refractivity contribution in [3.8, 4) is 11.1 Å². The SMILES string of the molecule is CCCCNc1ncc2nc(CCCC)n(Cc3ccc(-c4ccccc4C(=O)O)cc3)c2n1. The van der Waals surface area contributed by atoms with Crippen molar-refractivity contribution in [2.24, 2.45) is 0 Å². The first kappa shape index (κ1) is 23.4. The Labute approximate surface area is 199 Å². The lowest BCUT2D eigenvalue weighted by Gasteiger charge is -2.11. The number of nitrogens with zero attached hydrogens (tertiary/aromatic N) is 4. The van der Waals surface area contributed by atoms with Crippen molar-refractivity contribution in [3.63, 3.8) is 0 Å². The number of anilines is 1. The number of fused-ring (bicyclic) bond motifs is 1. The minimum absolute atomic E-state index is 0.303. The molecule has 2 aromatic heterocycles. The van der Waals surface area contributed by atoms with Crippen LogP contribution in [0.4, 0.5) is 5.95 Å². The molecule has 176 valence electrons. The summed E-state index contributed by atoms with van der Waals surface area (Å²) in [6.45, 7) is 5.82. The zero-order chi connectivity index (χ0) is 23.9. The highest BCUT2D eigenvalue weighted by atomic mass is 16.4. The maximum Gasteiger partial charge on any atom is 0.336 e.